The molecule has 0 amide bonds. The monoisotopic (exact) mass is 346 g/mol. The zero-order valence-corrected chi connectivity index (χ0v) is 16.7. The molecule has 0 heterocycles. The number of hydrogen-bond acceptors (Lipinski definition) is 2. The van der Waals surface area contributed by atoms with E-state index in [-0.39, 0.29) is 5.75 Å². The van der Waals surface area contributed by atoms with E-state index < -0.39 is 0 Å². The first kappa shape index (κ1) is 23.5. The highest BCUT2D eigenvalue weighted by atomic mass is 16.3. The number of unbranched alkanes of at least 4 members (excludes halogenated alkanes) is 4. The van der Waals surface area contributed by atoms with Crippen molar-refractivity contribution in [2.75, 3.05) is 26.2 Å². The molecule has 0 fully saturated rings. The molecule has 0 aliphatic carbocycles. The molecular weight excluding hydrogens is 308 g/mol. The van der Waals surface area contributed by atoms with Crippen molar-refractivity contribution in [3.63, 3.8) is 0 Å². The molecule has 0 atom stereocenters. The Kier molecular flexibility index (Phi) is 15.0. The van der Waals surface area contributed by atoms with E-state index in [4.69, 9.17) is 5.26 Å². The minimum Gasteiger partial charge on any atom is -0.872 e. The van der Waals surface area contributed by atoms with Crippen LogP contribution in [0.1, 0.15) is 72.1 Å². The van der Waals surface area contributed by atoms with Gasteiger partial charge in [0.2, 0.25) is 0 Å². The molecule has 0 saturated heterocycles. The lowest BCUT2D eigenvalue weighted by atomic mass is 10.1. The number of quaternary nitrogens is 1. The van der Waals surface area contributed by atoms with Crippen molar-refractivity contribution in [1.82, 2.24) is 0 Å². The standard InChI is InChI=1S/C16H33N2.C6H6O/c1-4-7-13-18(14-8-5-2,15-9-6-3)16-11-10-12-17;7-6-4-2-1-3-5-6/h4-11,13-16H2,1-3H3;1-5,7H/q+1;/p-1. The van der Waals surface area contributed by atoms with E-state index in [0.717, 1.165) is 12.8 Å². The van der Waals surface area contributed by atoms with Crippen molar-refractivity contribution in [3.05, 3.63) is 30.3 Å². The average molecular weight is 347 g/mol. The van der Waals surface area contributed by atoms with Gasteiger partial charge in [-0.3, -0.25) is 0 Å². The lowest BCUT2D eigenvalue weighted by Gasteiger charge is -2.39. The van der Waals surface area contributed by atoms with Gasteiger partial charge in [-0.1, -0.05) is 70.4 Å². The Morgan fingerprint density at radius 2 is 1.24 bits per heavy atom. The smallest absolute Gasteiger partial charge is 0.0796 e. The Hall–Kier alpha value is -1.53. The Balaban J connectivity index is 0.000000676. The molecule has 3 heteroatoms. The third-order valence-corrected chi connectivity index (χ3v) is 4.62. The van der Waals surface area contributed by atoms with Gasteiger partial charge in [0.15, 0.2) is 0 Å². The topological polar surface area (TPSA) is 46.8 Å². The molecule has 0 aliphatic rings. The fourth-order valence-corrected chi connectivity index (χ4v) is 3.07. The molecule has 0 bridgehead atoms. The van der Waals surface area contributed by atoms with E-state index in [9.17, 15) is 5.11 Å². The van der Waals surface area contributed by atoms with Crippen LogP contribution in [-0.2, 0) is 0 Å². The Labute approximate surface area is 155 Å². The van der Waals surface area contributed by atoms with Gasteiger partial charge < -0.3 is 9.59 Å². The number of rotatable bonds is 12. The maximum Gasteiger partial charge on any atom is 0.0796 e. The van der Waals surface area contributed by atoms with E-state index in [1.807, 2.05) is 6.07 Å². The van der Waals surface area contributed by atoms with Crippen LogP contribution >= 0.6 is 0 Å². The molecule has 25 heavy (non-hydrogen) atoms. The molecule has 142 valence electrons. The number of hydrogen-bond donors (Lipinski definition) is 0. The quantitative estimate of drug-likeness (QED) is 0.382. The van der Waals surface area contributed by atoms with Crippen molar-refractivity contribution < 1.29 is 9.59 Å². The molecule has 0 aliphatic heterocycles. The van der Waals surface area contributed by atoms with E-state index in [0.29, 0.717) is 0 Å². The molecular formula is C22H38N2O. The van der Waals surface area contributed by atoms with Crippen molar-refractivity contribution in [2.24, 2.45) is 0 Å². The van der Waals surface area contributed by atoms with Crippen LogP contribution in [0.4, 0.5) is 0 Å². The maximum atomic E-state index is 10.3. The fourth-order valence-electron chi connectivity index (χ4n) is 3.07. The van der Waals surface area contributed by atoms with E-state index in [1.54, 1.807) is 12.1 Å². The Morgan fingerprint density at radius 3 is 1.56 bits per heavy atom. The lowest BCUT2D eigenvalue weighted by molar-refractivity contribution is -0.929. The predicted octanol–water partition coefficient (Wildman–Crippen LogP) is 5.27. The van der Waals surface area contributed by atoms with E-state index in [2.05, 4.69) is 26.8 Å². The first-order chi connectivity index (χ1) is 12.1. The summed E-state index contributed by atoms with van der Waals surface area (Å²) in [7, 11) is 0. The molecule has 0 radical (unpaired) electrons. The highest BCUT2D eigenvalue weighted by molar-refractivity contribution is 5.17. The van der Waals surface area contributed by atoms with Gasteiger partial charge >= 0.3 is 0 Å². The molecule has 1 aromatic carbocycles. The summed E-state index contributed by atoms with van der Waals surface area (Å²) in [6.07, 6.45) is 9.67. The van der Waals surface area contributed by atoms with Gasteiger partial charge in [-0.15, -0.1) is 5.75 Å². The SMILES string of the molecule is CCCC[N+](CCCC)(CCCC)CCCC#N.[O-]c1ccccc1. The number of benzene rings is 1. The maximum absolute atomic E-state index is 10.3. The highest BCUT2D eigenvalue weighted by Gasteiger charge is 2.24. The normalized spacial score (nSPS) is 10.6. The molecule has 1 rings (SSSR count). The second-order valence-electron chi connectivity index (χ2n) is 6.87. The summed E-state index contributed by atoms with van der Waals surface area (Å²) in [6, 6.07) is 10.6. The second-order valence-corrected chi connectivity index (χ2v) is 6.87. The zero-order valence-electron chi connectivity index (χ0n) is 16.7. The van der Waals surface area contributed by atoms with Gasteiger partial charge in [0, 0.05) is 12.8 Å². The molecule has 3 nitrogen and oxygen atoms in total. The van der Waals surface area contributed by atoms with Gasteiger partial charge in [-0.2, -0.15) is 5.26 Å². The van der Waals surface area contributed by atoms with Crippen molar-refractivity contribution in [2.45, 2.75) is 72.1 Å². The summed E-state index contributed by atoms with van der Waals surface area (Å²) in [5.74, 6) is 0.0718. The first-order valence-corrected chi connectivity index (χ1v) is 10.1. The van der Waals surface area contributed by atoms with Crippen molar-refractivity contribution in [3.8, 4) is 11.8 Å². The van der Waals surface area contributed by atoms with Crippen LogP contribution in [-0.4, -0.2) is 30.7 Å². The van der Waals surface area contributed by atoms with Crippen LogP contribution in [0.25, 0.3) is 0 Å². The van der Waals surface area contributed by atoms with Crippen LogP contribution in [0.5, 0.6) is 5.75 Å². The highest BCUT2D eigenvalue weighted by Crippen LogP contribution is 2.16. The van der Waals surface area contributed by atoms with Gasteiger partial charge in [0.05, 0.1) is 32.2 Å². The Bertz CT molecular complexity index is 417. The number of nitriles is 1. The van der Waals surface area contributed by atoms with Crippen LogP contribution in [0.2, 0.25) is 0 Å². The summed E-state index contributed by atoms with van der Waals surface area (Å²) in [6.45, 7) is 12.0. The summed E-state index contributed by atoms with van der Waals surface area (Å²) in [5.41, 5.74) is 0. The van der Waals surface area contributed by atoms with Crippen molar-refractivity contribution in [1.29, 1.82) is 5.26 Å². The summed E-state index contributed by atoms with van der Waals surface area (Å²) in [4.78, 5) is 0. The molecule has 0 saturated carbocycles. The largest absolute Gasteiger partial charge is 0.872 e. The number of nitrogens with zero attached hydrogens (tertiary/aromatic N) is 2. The third kappa shape index (κ3) is 12.5. The van der Waals surface area contributed by atoms with Crippen LogP contribution < -0.4 is 5.11 Å². The minimum atomic E-state index is 0.0718. The van der Waals surface area contributed by atoms with Crippen molar-refractivity contribution >= 4 is 0 Å². The van der Waals surface area contributed by atoms with Gasteiger partial charge in [-0.25, -0.2) is 0 Å². The van der Waals surface area contributed by atoms with Crippen LogP contribution in [0.3, 0.4) is 0 Å². The third-order valence-electron chi connectivity index (χ3n) is 4.62. The molecule has 1 aromatic rings. The minimum absolute atomic E-state index is 0.0718. The van der Waals surface area contributed by atoms with Gasteiger partial charge in [0.1, 0.15) is 0 Å². The molecule has 0 spiro atoms. The summed E-state index contributed by atoms with van der Waals surface area (Å²) in [5, 5.41) is 19.0. The molecule has 0 N–H and O–H groups in total. The van der Waals surface area contributed by atoms with Gasteiger partial charge in [-0.05, 0) is 19.3 Å². The predicted molar refractivity (Wildman–Crippen MR) is 105 cm³/mol. The van der Waals surface area contributed by atoms with Crippen LogP contribution in [0.15, 0.2) is 30.3 Å². The van der Waals surface area contributed by atoms with Crippen LogP contribution in [0, 0.1) is 11.3 Å². The summed E-state index contributed by atoms with van der Waals surface area (Å²) >= 11 is 0. The Morgan fingerprint density at radius 1 is 0.800 bits per heavy atom. The van der Waals surface area contributed by atoms with Gasteiger partial charge in [0.25, 0.3) is 0 Å². The second kappa shape index (κ2) is 16.0. The summed E-state index contributed by atoms with van der Waals surface area (Å²) < 4.78 is 1.27. The molecule has 0 aromatic heterocycles. The molecule has 0 unspecified atom stereocenters. The number of para-hydroxylation sites is 1. The zero-order chi connectivity index (χ0) is 18.8. The first-order valence-electron chi connectivity index (χ1n) is 10.1. The van der Waals surface area contributed by atoms with E-state index in [1.165, 1.54) is 81.3 Å². The fraction of sp³-hybridized carbons (Fsp3) is 0.682. The lowest BCUT2D eigenvalue weighted by Crippen LogP contribution is -2.50. The van der Waals surface area contributed by atoms with E-state index >= 15 is 0 Å². The average Bonchev–Trinajstić information content (AvgIpc) is 2.64.